The Morgan fingerprint density at radius 3 is 2.69 bits per heavy atom. The van der Waals surface area contributed by atoms with Gasteiger partial charge in [-0.3, -0.25) is 4.90 Å². The van der Waals surface area contributed by atoms with E-state index in [1.807, 2.05) is 0 Å². The number of morpholine rings is 1. The largest absolute Gasteiger partial charge is 0.379 e. The van der Waals surface area contributed by atoms with Gasteiger partial charge in [-0.25, -0.2) is 0 Å². The number of rotatable bonds is 4. The quantitative estimate of drug-likeness (QED) is 0.843. The molecule has 0 aliphatic carbocycles. The van der Waals surface area contributed by atoms with Gasteiger partial charge >= 0.3 is 0 Å². The summed E-state index contributed by atoms with van der Waals surface area (Å²) >= 11 is 3.59. The molecule has 0 N–H and O–H groups in total. The van der Waals surface area contributed by atoms with Gasteiger partial charge in [0.15, 0.2) is 0 Å². The average Bonchev–Trinajstić information content (AvgIpc) is 2.33. The van der Waals surface area contributed by atoms with Crippen LogP contribution >= 0.6 is 15.9 Å². The highest BCUT2D eigenvalue weighted by Crippen LogP contribution is 2.17. The molecule has 1 saturated heterocycles. The summed E-state index contributed by atoms with van der Waals surface area (Å²) in [5, 5.41) is 0. The van der Waals surface area contributed by atoms with E-state index in [9.17, 15) is 0 Å². The Morgan fingerprint density at radius 2 is 1.94 bits per heavy atom. The first kappa shape index (κ1) is 12.1. The standard InChI is InChI=1S/C13H18BrNO/c14-13-6-2-1-4-12(13)5-3-7-15-8-10-16-11-9-15/h1-2,4,6H,3,5,7-11H2. The molecule has 2 nitrogen and oxygen atoms in total. The van der Waals surface area contributed by atoms with Crippen LogP contribution in [0.4, 0.5) is 0 Å². The van der Waals surface area contributed by atoms with Crippen molar-refractivity contribution in [1.82, 2.24) is 4.90 Å². The van der Waals surface area contributed by atoms with Gasteiger partial charge in [0.1, 0.15) is 0 Å². The van der Waals surface area contributed by atoms with Crippen molar-refractivity contribution >= 4 is 15.9 Å². The predicted octanol–water partition coefficient (Wildman–Crippen LogP) is 2.71. The van der Waals surface area contributed by atoms with E-state index in [1.54, 1.807) is 0 Å². The third kappa shape index (κ3) is 3.58. The van der Waals surface area contributed by atoms with Gasteiger partial charge in [0.2, 0.25) is 0 Å². The van der Waals surface area contributed by atoms with E-state index in [4.69, 9.17) is 4.74 Å². The minimum absolute atomic E-state index is 0.898. The van der Waals surface area contributed by atoms with E-state index < -0.39 is 0 Å². The molecule has 0 atom stereocenters. The number of aryl methyl sites for hydroxylation is 1. The Bertz CT molecular complexity index is 323. The summed E-state index contributed by atoms with van der Waals surface area (Å²) in [6.07, 6.45) is 2.38. The molecule has 0 bridgehead atoms. The van der Waals surface area contributed by atoms with Crippen molar-refractivity contribution in [3.05, 3.63) is 34.3 Å². The number of nitrogens with zero attached hydrogens (tertiary/aromatic N) is 1. The van der Waals surface area contributed by atoms with E-state index in [2.05, 4.69) is 45.1 Å². The Kier molecular flexibility index (Phi) is 4.82. The molecule has 0 saturated carbocycles. The molecule has 2 rings (SSSR count). The van der Waals surface area contributed by atoms with E-state index >= 15 is 0 Å². The maximum absolute atomic E-state index is 5.33. The van der Waals surface area contributed by atoms with Crippen LogP contribution in [0, 0.1) is 0 Å². The minimum Gasteiger partial charge on any atom is -0.379 e. The zero-order chi connectivity index (χ0) is 11.2. The fourth-order valence-electron chi connectivity index (χ4n) is 2.02. The average molecular weight is 284 g/mol. The maximum atomic E-state index is 5.33. The summed E-state index contributed by atoms with van der Waals surface area (Å²) in [6.45, 7) is 5.17. The lowest BCUT2D eigenvalue weighted by Crippen LogP contribution is -2.36. The Hall–Kier alpha value is -0.380. The van der Waals surface area contributed by atoms with Gasteiger partial charge in [0.25, 0.3) is 0 Å². The normalized spacial score (nSPS) is 17.6. The summed E-state index contributed by atoms with van der Waals surface area (Å²) in [6, 6.07) is 8.48. The molecular formula is C13H18BrNO. The van der Waals surface area contributed by atoms with Gasteiger partial charge < -0.3 is 4.74 Å². The van der Waals surface area contributed by atoms with Crippen LogP contribution < -0.4 is 0 Å². The molecule has 0 radical (unpaired) electrons. The van der Waals surface area contributed by atoms with Crippen molar-refractivity contribution in [1.29, 1.82) is 0 Å². The molecule has 1 heterocycles. The molecule has 0 aromatic heterocycles. The van der Waals surface area contributed by atoms with E-state index in [0.717, 1.165) is 32.7 Å². The van der Waals surface area contributed by atoms with Gasteiger partial charge in [-0.1, -0.05) is 34.1 Å². The van der Waals surface area contributed by atoms with E-state index in [-0.39, 0.29) is 0 Å². The monoisotopic (exact) mass is 283 g/mol. The summed E-state index contributed by atoms with van der Waals surface area (Å²) < 4.78 is 6.57. The van der Waals surface area contributed by atoms with Crippen molar-refractivity contribution in [2.24, 2.45) is 0 Å². The van der Waals surface area contributed by atoms with Gasteiger partial charge in [-0.2, -0.15) is 0 Å². The number of halogens is 1. The highest BCUT2D eigenvalue weighted by atomic mass is 79.9. The second-order valence-corrected chi connectivity index (χ2v) is 5.00. The van der Waals surface area contributed by atoms with Crippen LogP contribution in [0.2, 0.25) is 0 Å². The van der Waals surface area contributed by atoms with Crippen LogP contribution in [0.15, 0.2) is 28.7 Å². The number of ether oxygens (including phenoxy) is 1. The summed E-state index contributed by atoms with van der Waals surface area (Å²) in [5.41, 5.74) is 1.41. The number of hydrogen-bond acceptors (Lipinski definition) is 2. The van der Waals surface area contributed by atoms with Crippen LogP contribution in [0.3, 0.4) is 0 Å². The Morgan fingerprint density at radius 1 is 1.19 bits per heavy atom. The molecule has 0 amide bonds. The second-order valence-electron chi connectivity index (χ2n) is 4.15. The highest BCUT2D eigenvalue weighted by molar-refractivity contribution is 9.10. The van der Waals surface area contributed by atoms with Gasteiger partial charge in [-0.15, -0.1) is 0 Å². The topological polar surface area (TPSA) is 12.5 Å². The second kappa shape index (κ2) is 6.38. The SMILES string of the molecule is Brc1ccccc1CCCN1CCOCC1. The first-order valence-electron chi connectivity index (χ1n) is 5.90. The fraction of sp³-hybridized carbons (Fsp3) is 0.538. The lowest BCUT2D eigenvalue weighted by atomic mass is 10.1. The Balaban J connectivity index is 1.73. The minimum atomic E-state index is 0.898. The van der Waals surface area contributed by atoms with Crippen molar-refractivity contribution in [3.63, 3.8) is 0 Å². The first-order chi connectivity index (χ1) is 7.86. The third-order valence-corrected chi connectivity index (χ3v) is 3.76. The maximum Gasteiger partial charge on any atom is 0.0594 e. The van der Waals surface area contributed by atoms with Crippen LogP contribution in [-0.2, 0) is 11.2 Å². The molecule has 1 aromatic carbocycles. The first-order valence-corrected chi connectivity index (χ1v) is 6.69. The van der Waals surface area contributed by atoms with Gasteiger partial charge in [0, 0.05) is 17.6 Å². The van der Waals surface area contributed by atoms with Crippen LogP contribution in [0.25, 0.3) is 0 Å². The highest BCUT2D eigenvalue weighted by Gasteiger charge is 2.09. The fourth-order valence-corrected chi connectivity index (χ4v) is 2.50. The van der Waals surface area contributed by atoms with Crippen LogP contribution in [0.1, 0.15) is 12.0 Å². The number of hydrogen-bond donors (Lipinski definition) is 0. The van der Waals surface area contributed by atoms with Crippen molar-refractivity contribution in [2.75, 3.05) is 32.8 Å². The summed E-state index contributed by atoms with van der Waals surface area (Å²) in [4.78, 5) is 2.49. The summed E-state index contributed by atoms with van der Waals surface area (Å²) in [5.74, 6) is 0. The number of benzene rings is 1. The molecule has 1 aromatic rings. The lowest BCUT2D eigenvalue weighted by Gasteiger charge is -2.26. The molecule has 16 heavy (non-hydrogen) atoms. The van der Waals surface area contributed by atoms with Gasteiger partial charge in [-0.05, 0) is 31.0 Å². The molecule has 3 heteroatoms. The third-order valence-electron chi connectivity index (χ3n) is 2.98. The van der Waals surface area contributed by atoms with Crippen molar-refractivity contribution in [3.8, 4) is 0 Å². The van der Waals surface area contributed by atoms with E-state index in [1.165, 1.54) is 23.0 Å². The van der Waals surface area contributed by atoms with Crippen molar-refractivity contribution < 1.29 is 4.74 Å². The zero-order valence-electron chi connectivity index (χ0n) is 9.49. The molecule has 1 aliphatic heterocycles. The molecule has 0 spiro atoms. The molecule has 1 aliphatic rings. The molecule has 0 unspecified atom stereocenters. The molecule has 1 fully saturated rings. The summed E-state index contributed by atoms with van der Waals surface area (Å²) in [7, 11) is 0. The van der Waals surface area contributed by atoms with Crippen LogP contribution in [0.5, 0.6) is 0 Å². The Labute approximate surface area is 106 Å². The molecule has 88 valence electrons. The molecular weight excluding hydrogens is 266 g/mol. The van der Waals surface area contributed by atoms with Gasteiger partial charge in [0.05, 0.1) is 13.2 Å². The van der Waals surface area contributed by atoms with E-state index in [0.29, 0.717) is 0 Å². The van der Waals surface area contributed by atoms with Crippen LogP contribution in [-0.4, -0.2) is 37.7 Å². The smallest absolute Gasteiger partial charge is 0.0594 e. The zero-order valence-corrected chi connectivity index (χ0v) is 11.1. The van der Waals surface area contributed by atoms with Crippen molar-refractivity contribution in [2.45, 2.75) is 12.8 Å². The predicted molar refractivity (Wildman–Crippen MR) is 69.7 cm³/mol. The lowest BCUT2D eigenvalue weighted by molar-refractivity contribution is 0.0374.